The van der Waals surface area contributed by atoms with E-state index in [9.17, 15) is 24.3 Å². The van der Waals surface area contributed by atoms with Crippen LogP contribution in [0.25, 0.3) is 0 Å². The van der Waals surface area contributed by atoms with E-state index in [1.807, 2.05) is 12.1 Å². The molecular formula is C32H34N4O5. The van der Waals surface area contributed by atoms with Crippen molar-refractivity contribution in [3.63, 3.8) is 0 Å². The fourth-order valence-corrected chi connectivity index (χ4v) is 5.63. The molecule has 2 N–H and O–H groups in total. The Balaban J connectivity index is 1.37. The van der Waals surface area contributed by atoms with Gasteiger partial charge in [0, 0.05) is 36.5 Å². The first-order chi connectivity index (χ1) is 19.5. The molecule has 3 aromatic rings. The van der Waals surface area contributed by atoms with Crippen molar-refractivity contribution in [3.05, 3.63) is 95.3 Å². The molecule has 212 valence electrons. The number of ketones is 1. The lowest BCUT2D eigenvalue weighted by Gasteiger charge is -2.28. The Morgan fingerprint density at radius 2 is 1.61 bits per heavy atom. The number of likely N-dealkylation sites (tertiary alicyclic amines) is 2. The summed E-state index contributed by atoms with van der Waals surface area (Å²) >= 11 is 0. The van der Waals surface area contributed by atoms with Gasteiger partial charge in [0.15, 0.2) is 5.78 Å². The lowest BCUT2D eigenvalue weighted by molar-refractivity contribution is -0.138. The number of pyridine rings is 1. The standard InChI is InChI=1S/C32H34N4O5/c1-32(2,3)23-8-6-21(7-9-23)29(39)34-25(18-20-4-10-24(37)11-5-20)31(41)35-17-14-26-28(35)27(38)19-36(26)30(40)22-12-15-33-16-13-22/h4-13,15-16,25-26,28,37H,14,17-19H2,1-3H3,(H,34,39). The molecule has 3 unspecified atom stereocenters. The Labute approximate surface area is 239 Å². The second kappa shape index (κ2) is 11.2. The van der Waals surface area contributed by atoms with Crippen LogP contribution in [-0.2, 0) is 21.4 Å². The van der Waals surface area contributed by atoms with Crippen LogP contribution in [0.3, 0.4) is 0 Å². The minimum atomic E-state index is -0.953. The van der Waals surface area contributed by atoms with Crippen LogP contribution in [0.15, 0.2) is 73.1 Å². The maximum Gasteiger partial charge on any atom is 0.254 e. The molecule has 2 saturated heterocycles. The largest absolute Gasteiger partial charge is 0.508 e. The first-order valence-corrected chi connectivity index (χ1v) is 13.8. The van der Waals surface area contributed by atoms with Gasteiger partial charge in [0.25, 0.3) is 11.8 Å². The normalized spacial score (nSPS) is 19.1. The zero-order chi connectivity index (χ0) is 29.3. The Morgan fingerprint density at radius 1 is 0.951 bits per heavy atom. The Kier molecular flexibility index (Phi) is 7.62. The summed E-state index contributed by atoms with van der Waals surface area (Å²) < 4.78 is 0. The van der Waals surface area contributed by atoms with Crippen LogP contribution in [0, 0.1) is 0 Å². The zero-order valence-corrected chi connectivity index (χ0v) is 23.4. The number of benzene rings is 2. The SMILES string of the molecule is CC(C)(C)c1ccc(C(=O)NC(Cc2ccc(O)cc2)C(=O)N2CCC3C2C(=O)CN3C(=O)c2ccncc2)cc1. The fraction of sp³-hybridized carbons (Fsp3) is 0.344. The van der Waals surface area contributed by atoms with Gasteiger partial charge in [0.1, 0.15) is 17.8 Å². The highest BCUT2D eigenvalue weighted by molar-refractivity contribution is 6.03. The van der Waals surface area contributed by atoms with E-state index < -0.39 is 24.0 Å². The van der Waals surface area contributed by atoms with Crippen LogP contribution < -0.4 is 5.32 Å². The van der Waals surface area contributed by atoms with Crippen LogP contribution in [0.5, 0.6) is 5.75 Å². The van der Waals surface area contributed by atoms with Crippen molar-refractivity contribution < 1.29 is 24.3 Å². The van der Waals surface area contributed by atoms with Crippen molar-refractivity contribution in [2.24, 2.45) is 0 Å². The third kappa shape index (κ3) is 5.84. The van der Waals surface area contributed by atoms with Crippen molar-refractivity contribution in [2.75, 3.05) is 13.1 Å². The minimum Gasteiger partial charge on any atom is -0.508 e. The average molecular weight is 555 g/mol. The number of rotatable bonds is 6. The van der Waals surface area contributed by atoms with Gasteiger partial charge in [-0.2, -0.15) is 0 Å². The summed E-state index contributed by atoms with van der Waals surface area (Å²) in [4.78, 5) is 60.7. The summed E-state index contributed by atoms with van der Waals surface area (Å²) in [5.74, 6) is -1.15. The van der Waals surface area contributed by atoms with Gasteiger partial charge >= 0.3 is 0 Å². The first-order valence-electron chi connectivity index (χ1n) is 13.8. The number of amides is 3. The summed E-state index contributed by atoms with van der Waals surface area (Å²) in [5.41, 5.74) is 2.62. The highest BCUT2D eigenvalue weighted by atomic mass is 16.3. The number of phenolic OH excluding ortho intramolecular Hbond substituents is 1. The average Bonchev–Trinajstić information content (AvgIpc) is 3.54. The molecule has 0 radical (unpaired) electrons. The molecule has 2 fully saturated rings. The number of nitrogens with zero attached hydrogens (tertiary/aromatic N) is 3. The van der Waals surface area contributed by atoms with Crippen LogP contribution in [-0.4, -0.2) is 74.6 Å². The van der Waals surface area contributed by atoms with Gasteiger partial charge in [0.05, 0.1) is 12.6 Å². The van der Waals surface area contributed by atoms with E-state index in [0.29, 0.717) is 24.1 Å². The zero-order valence-electron chi connectivity index (χ0n) is 23.4. The smallest absolute Gasteiger partial charge is 0.254 e. The molecule has 41 heavy (non-hydrogen) atoms. The van der Waals surface area contributed by atoms with E-state index in [1.165, 1.54) is 29.4 Å². The number of fused-ring (bicyclic) bond motifs is 1. The van der Waals surface area contributed by atoms with Gasteiger partial charge < -0.3 is 20.2 Å². The van der Waals surface area contributed by atoms with Gasteiger partial charge in [-0.3, -0.25) is 24.2 Å². The van der Waals surface area contributed by atoms with E-state index >= 15 is 0 Å². The van der Waals surface area contributed by atoms with E-state index in [1.54, 1.807) is 41.3 Å². The topological polar surface area (TPSA) is 120 Å². The van der Waals surface area contributed by atoms with Crippen molar-refractivity contribution in [1.29, 1.82) is 0 Å². The predicted molar refractivity (Wildman–Crippen MR) is 152 cm³/mol. The fourth-order valence-electron chi connectivity index (χ4n) is 5.63. The van der Waals surface area contributed by atoms with Crippen molar-refractivity contribution in [1.82, 2.24) is 20.1 Å². The molecule has 9 nitrogen and oxygen atoms in total. The number of phenols is 1. The van der Waals surface area contributed by atoms with Gasteiger partial charge in [-0.1, -0.05) is 45.0 Å². The molecule has 2 aromatic carbocycles. The number of carbonyl (C=O) groups excluding carboxylic acids is 4. The third-order valence-corrected chi connectivity index (χ3v) is 7.89. The lowest BCUT2D eigenvalue weighted by atomic mass is 9.86. The maximum absolute atomic E-state index is 14.0. The minimum absolute atomic E-state index is 0.0703. The van der Waals surface area contributed by atoms with Gasteiger partial charge in [-0.05, 0) is 59.4 Å². The predicted octanol–water partition coefficient (Wildman–Crippen LogP) is 3.12. The van der Waals surface area contributed by atoms with Gasteiger partial charge in [0.2, 0.25) is 5.91 Å². The molecule has 9 heteroatoms. The van der Waals surface area contributed by atoms with Gasteiger partial charge in [-0.25, -0.2) is 0 Å². The molecule has 0 saturated carbocycles. The van der Waals surface area contributed by atoms with Crippen LogP contribution in [0.4, 0.5) is 0 Å². The number of aromatic nitrogens is 1. The monoisotopic (exact) mass is 554 g/mol. The second-order valence-corrected chi connectivity index (χ2v) is 11.7. The number of hydrogen-bond donors (Lipinski definition) is 2. The number of carbonyl (C=O) groups is 4. The second-order valence-electron chi connectivity index (χ2n) is 11.7. The highest BCUT2D eigenvalue weighted by Gasteiger charge is 2.52. The van der Waals surface area contributed by atoms with Gasteiger partial charge in [-0.15, -0.1) is 0 Å². The molecule has 1 aromatic heterocycles. The molecule has 2 aliphatic heterocycles. The third-order valence-electron chi connectivity index (χ3n) is 7.89. The molecule has 3 amide bonds. The molecule has 0 spiro atoms. The Bertz CT molecular complexity index is 1450. The van der Waals surface area contributed by atoms with Crippen LogP contribution in [0.1, 0.15) is 59.0 Å². The summed E-state index contributed by atoms with van der Waals surface area (Å²) in [5, 5.41) is 12.6. The highest BCUT2D eigenvalue weighted by Crippen LogP contribution is 2.32. The summed E-state index contributed by atoms with van der Waals surface area (Å²) in [7, 11) is 0. The molecule has 0 aliphatic carbocycles. The van der Waals surface area contributed by atoms with Crippen molar-refractivity contribution >= 4 is 23.5 Å². The summed E-state index contributed by atoms with van der Waals surface area (Å²) in [6, 6.07) is 14.8. The number of hydrogen-bond acceptors (Lipinski definition) is 6. The van der Waals surface area contributed by atoms with E-state index in [4.69, 9.17) is 0 Å². The van der Waals surface area contributed by atoms with E-state index in [0.717, 1.165) is 11.1 Å². The molecule has 5 rings (SSSR count). The molecule has 3 heterocycles. The summed E-state index contributed by atoms with van der Waals surface area (Å²) in [6.45, 7) is 6.49. The lowest BCUT2D eigenvalue weighted by Crippen LogP contribution is -2.53. The van der Waals surface area contributed by atoms with Crippen molar-refractivity contribution in [3.8, 4) is 5.75 Å². The number of Topliss-reactive ketones (excluding diaryl/α,β-unsaturated/α-hetero) is 1. The number of nitrogens with one attached hydrogen (secondary N) is 1. The molecule has 0 bridgehead atoms. The quantitative estimate of drug-likeness (QED) is 0.483. The molecular weight excluding hydrogens is 520 g/mol. The van der Waals surface area contributed by atoms with E-state index in [-0.39, 0.29) is 41.7 Å². The van der Waals surface area contributed by atoms with Crippen LogP contribution in [0.2, 0.25) is 0 Å². The summed E-state index contributed by atoms with van der Waals surface area (Å²) in [6.07, 6.45) is 3.69. The Hall–Kier alpha value is -4.53. The van der Waals surface area contributed by atoms with E-state index in [2.05, 4.69) is 31.1 Å². The van der Waals surface area contributed by atoms with Crippen molar-refractivity contribution in [2.45, 2.75) is 57.2 Å². The Morgan fingerprint density at radius 3 is 2.24 bits per heavy atom. The van der Waals surface area contributed by atoms with Crippen LogP contribution >= 0.6 is 0 Å². The maximum atomic E-state index is 14.0. The molecule has 2 aliphatic rings. The number of aromatic hydroxyl groups is 1. The first kappa shape index (κ1) is 28.0. The molecule has 3 atom stereocenters.